The SMILES string of the molecule is Cc1scnc1Cc1cccc(Br)c1. The molecule has 0 atom stereocenters. The van der Waals surface area contributed by atoms with Gasteiger partial charge in [-0.2, -0.15) is 0 Å². The monoisotopic (exact) mass is 267 g/mol. The van der Waals surface area contributed by atoms with E-state index in [1.165, 1.54) is 16.1 Å². The first-order chi connectivity index (χ1) is 6.75. The molecule has 0 saturated carbocycles. The average Bonchev–Trinajstić information content (AvgIpc) is 2.52. The van der Waals surface area contributed by atoms with Gasteiger partial charge in [-0.1, -0.05) is 28.1 Å². The molecule has 0 bridgehead atoms. The van der Waals surface area contributed by atoms with Crippen LogP contribution in [0.1, 0.15) is 16.1 Å². The van der Waals surface area contributed by atoms with Crippen molar-refractivity contribution in [2.75, 3.05) is 0 Å². The molecule has 3 heteroatoms. The fourth-order valence-corrected chi connectivity index (χ4v) is 2.38. The second kappa shape index (κ2) is 4.24. The Morgan fingerprint density at radius 1 is 1.43 bits per heavy atom. The Kier molecular flexibility index (Phi) is 2.99. The second-order valence-corrected chi connectivity index (χ2v) is 5.14. The summed E-state index contributed by atoms with van der Waals surface area (Å²) in [7, 11) is 0. The lowest BCUT2D eigenvalue weighted by Gasteiger charge is -2.00. The first-order valence-electron chi connectivity index (χ1n) is 4.39. The van der Waals surface area contributed by atoms with Crippen molar-refractivity contribution >= 4 is 27.3 Å². The Labute approximate surface area is 95.9 Å². The summed E-state index contributed by atoms with van der Waals surface area (Å²) in [5.41, 5.74) is 4.39. The molecule has 0 fully saturated rings. The summed E-state index contributed by atoms with van der Waals surface area (Å²) in [6, 6.07) is 8.36. The molecule has 0 radical (unpaired) electrons. The van der Waals surface area contributed by atoms with E-state index in [-0.39, 0.29) is 0 Å². The van der Waals surface area contributed by atoms with E-state index in [0.29, 0.717) is 0 Å². The highest BCUT2D eigenvalue weighted by Gasteiger charge is 2.02. The summed E-state index contributed by atoms with van der Waals surface area (Å²) >= 11 is 5.17. The lowest BCUT2D eigenvalue weighted by atomic mass is 10.1. The predicted octanol–water partition coefficient (Wildman–Crippen LogP) is 3.80. The quantitative estimate of drug-likeness (QED) is 0.807. The normalized spacial score (nSPS) is 10.4. The van der Waals surface area contributed by atoms with Crippen molar-refractivity contribution < 1.29 is 0 Å². The Morgan fingerprint density at radius 2 is 2.29 bits per heavy atom. The van der Waals surface area contributed by atoms with Crippen molar-refractivity contribution in [1.29, 1.82) is 0 Å². The lowest BCUT2D eigenvalue weighted by Crippen LogP contribution is -1.89. The van der Waals surface area contributed by atoms with E-state index in [1.54, 1.807) is 11.3 Å². The van der Waals surface area contributed by atoms with Gasteiger partial charge in [0.05, 0.1) is 11.2 Å². The van der Waals surface area contributed by atoms with Crippen LogP contribution in [0.25, 0.3) is 0 Å². The van der Waals surface area contributed by atoms with Crippen molar-refractivity contribution in [3.63, 3.8) is 0 Å². The van der Waals surface area contributed by atoms with Crippen LogP contribution in [0, 0.1) is 6.92 Å². The zero-order chi connectivity index (χ0) is 9.97. The highest BCUT2D eigenvalue weighted by atomic mass is 79.9. The number of thiazole rings is 1. The van der Waals surface area contributed by atoms with E-state index in [0.717, 1.165) is 10.9 Å². The van der Waals surface area contributed by atoms with Gasteiger partial charge in [-0.25, -0.2) is 4.98 Å². The molecule has 0 N–H and O–H groups in total. The maximum atomic E-state index is 4.34. The fraction of sp³-hybridized carbons (Fsp3) is 0.182. The van der Waals surface area contributed by atoms with Crippen molar-refractivity contribution in [3.8, 4) is 0 Å². The molecule has 1 nitrogen and oxygen atoms in total. The highest BCUT2D eigenvalue weighted by molar-refractivity contribution is 9.10. The Hall–Kier alpha value is -0.670. The summed E-state index contributed by atoms with van der Waals surface area (Å²) in [6.07, 6.45) is 0.925. The van der Waals surface area contributed by atoms with Crippen LogP contribution in [0.3, 0.4) is 0 Å². The molecule has 72 valence electrons. The molecule has 0 amide bonds. The lowest BCUT2D eigenvalue weighted by molar-refractivity contribution is 1.08. The van der Waals surface area contributed by atoms with Gasteiger partial charge in [-0.05, 0) is 24.6 Å². The van der Waals surface area contributed by atoms with E-state index < -0.39 is 0 Å². The minimum absolute atomic E-state index is 0.925. The molecule has 14 heavy (non-hydrogen) atoms. The molecule has 0 saturated heterocycles. The number of hydrogen-bond acceptors (Lipinski definition) is 2. The van der Waals surface area contributed by atoms with Crippen molar-refractivity contribution in [2.45, 2.75) is 13.3 Å². The van der Waals surface area contributed by atoms with E-state index in [2.05, 4.69) is 46.0 Å². The van der Waals surface area contributed by atoms with Crippen molar-refractivity contribution in [1.82, 2.24) is 4.98 Å². The maximum absolute atomic E-state index is 4.34. The van der Waals surface area contributed by atoms with Gasteiger partial charge in [0.25, 0.3) is 0 Å². The van der Waals surface area contributed by atoms with Gasteiger partial charge in [0, 0.05) is 15.8 Å². The molecular weight excluding hydrogens is 258 g/mol. The molecule has 1 aromatic carbocycles. The largest absolute Gasteiger partial charge is 0.249 e. The standard InChI is InChI=1S/C11H10BrNS/c1-8-11(13-7-14-8)6-9-3-2-4-10(12)5-9/h2-5,7H,6H2,1H3. The van der Waals surface area contributed by atoms with Crippen LogP contribution in [0.5, 0.6) is 0 Å². The Balaban J connectivity index is 2.23. The smallest absolute Gasteiger partial charge is 0.0797 e. The minimum Gasteiger partial charge on any atom is -0.249 e. The van der Waals surface area contributed by atoms with Crippen molar-refractivity contribution in [2.24, 2.45) is 0 Å². The van der Waals surface area contributed by atoms with Gasteiger partial charge in [-0.15, -0.1) is 11.3 Å². The number of nitrogens with zero attached hydrogens (tertiary/aromatic N) is 1. The molecule has 0 aliphatic carbocycles. The summed E-state index contributed by atoms with van der Waals surface area (Å²) in [5, 5.41) is 0. The van der Waals surface area contributed by atoms with E-state index in [4.69, 9.17) is 0 Å². The summed E-state index contributed by atoms with van der Waals surface area (Å²) in [4.78, 5) is 5.65. The van der Waals surface area contributed by atoms with E-state index >= 15 is 0 Å². The third-order valence-electron chi connectivity index (χ3n) is 2.11. The van der Waals surface area contributed by atoms with Crippen LogP contribution in [0.15, 0.2) is 34.2 Å². The second-order valence-electron chi connectivity index (χ2n) is 3.16. The fourth-order valence-electron chi connectivity index (χ4n) is 1.34. The van der Waals surface area contributed by atoms with Gasteiger partial charge >= 0.3 is 0 Å². The molecule has 0 aliphatic heterocycles. The van der Waals surface area contributed by atoms with Crippen LogP contribution in [0.2, 0.25) is 0 Å². The Bertz CT molecular complexity index is 436. The Morgan fingerprint density at radius 3 is 2.93 bits per heavy atom. The highest BCUT2D eigenvalue weighted by Crippen LogP contribution is 2.18. The molecule has 1 heterocycles. The number of hydrogen-bond donors (Lipinski definition) is 0. The molecular formula is C11H10BrNS. The molecule has 0 aliphatic rings. The van der Waals surface area contributed by atoms with Gasteiger partial charge in [0.15, 0.2) is 0 Å². The number of halogens is 1. The third kappa shape index (κ3) is 2.22. The van der Waals surface area contributed by atoms with E-state index in [9.17, 15) is 0 Å². The number of benzene rings is 1. The number of aromatic nitrogens is 1. The minimum atomic E-state index is 0.925. The zero-order valence-corrected chi connectivity index (χ0v) is 10.2. The average molecular weight is 268 g/mol. The van der Waals surface area contributed by atoms with Gasteiger partial charge < -0.3 is 0 Å². The number of rotatable bonds is 2. The third-order valence-corrected chi connectivity index (χ3v) is 3.40. The van der Waals surface area contributed by atoms with Crippen LogP contribution in [-0.4, -0.2) is 4.98 Å². The van der Waals surface area contributed by atoms with Crippen molar-refractivity contribution in [3.05, 3.63) is 50.4 Å². The molecule has 2 aromatic rings. The zero-order valence-electron chi connectivity index (χ0n) is 7.83. The molecule has 0 spiro atoms. The summed E-state index contributed by atoms with van der Waals surface area (Å²) in [5.74, 6) is 0. The summed E-state index contributed by atoms with van der Waals surface area (Å²) in [6.45, 7) is 2.12. The van der Waals surface area contributed by atoms with E-state index in [1.807, 2.05) is 11.6 Å². The molecule has 2 rings (SSSR count). The first kappa shape index (κ1) is 9.87. The maximum Gasteiger partial charge on any atom is 0.0797 e. The van der Waals surface area contributed by atoms with Crippen LogP contribution >= 0.6 is 27.3 Å². The van der Waals surface area contributed by atoms with Gasteiger partial charge in [0.1, 0.15) is 0 Å². The van der Waals surface area contributed by atoms with Crippen LogP contribution in [-0.2, 0) is 6.42 Å². The van der Waals surface area contributed by atoms with Gasteiger partial charge in [-0.3, -0.25) is 0 Å². The summed E-state index contributed by atoms with van der Waals surface area (Å²) < 4.78 is 1.13. The predicted molar refractivity (Wildman–Crippen MR) is 63.8 cm³/mol. The van der Waals surface area contributed by atoms with Crippen LogP contribution in [0.4, 0.5) is 0 Å². The number of aryl methyl sites for hydroxylation is 1. The topological polar surface area (TPSA) is 12.9 Å². The van der Waals surface area contributed by atoms with Crippen LogP contribution < -0.4 is 0 Å². The molecule has 0 unspecified atom stereocenters. The first-order valence-corrected chi connectivity index (χ1v) is 6.06. The van der Waals surface area contributed by atoms with Gasteiger partial charge in [0.2, 0.25) is 0 Å². The molecule has 1 aromatic heterocycles.